The van der Waals surface area contributed by atoms with Crippen LogP contribution in [0.5, 0.6) is 0 Å². The Kier molecular flexibility index (Phi) is 2.67. The van der Waals surface area contributed by atoms with Gasteiger partial charge in [-0.1, -0.05) is 12.1 Å². The molecule has 1 saturated heterocycles. The summed E-state index contributed by atoms with van der Waals surface area (Å²) in [5.41, 5.74) is 7.93. The molecule has 0 saturated carbocycles. The lowest BCUT2D eigenvalue weighted by molar-refractivity contribution is 0.00611. The summed E-state index contributed by atoms with van der Waals surface area (Å²) in [6.07, 6.45) is 1.48. The molecule has 82 valence electrons. The minimum absolute atomic E-state index is 0.708. The molecular weight excluding hydrogens is 188 g/mol. The van der Waals surface area contributed by atoms with Crippen molar-refractivity contribution < 1.29 is 5.11 Å². The summed E-state index contributed by atoms with van der Waals surface area (Å²) >= 11 is 0. The summed E-state index contributed by atoms with van der Waals surface area (Å²) in [7, 11) is 0. The van der Waals surface area contributed by atoms with Gasteiger partial charge in [0.2, 0.25) is 0 Å². The number of nitrogens with one attached hydrogen (secondary N) is 1. The van der Waals surface area contributed by atoms with Crippen LogP contribution >= 0.6 is 0 Å². The lowest BCUT2D eigenvalue weighted by atomic mass is 9.82. The topological polar surface area (TPSA) is 58.3 Å². The molecule has 1 aromatic carbocycles. The van der Waals surface area contributed by atoms with E-state index in [9.17, 15) is 5.11 Å². The maximum absolute atomic E-state index is 10.6. The fourth-order valence-corrected chi connectivity index (χ4v) is 2.42. The predicted octanol–water partition coefficient (Wildman–Crippen LogP) is 1.15. The highest BCUT2D eigenvalue weighted by Crippen LogP contribution is 2.36. The second-order valence-electron chi connectivity index (χ2n) is 4.32. The highest BCUT2D eigenvalue weighted by atomic mass is 16.3. The van der Waals surface area contributed by atoms with Crippen LogP contribution in [0.4, 0.5) is 5.69 Å². The van der Waals surface area contributed by atoms with Crippen molar-refractivity contribution in [2.75, 3.05) is 18.8 Å². The van der Waals surface area contributed by atoms with Gasteiger partial charge in [-0.05, 0) is 44.5 Å². The second kappa shape index (κ2) is 3.83. The van der Waals surface area contributed by atoms with E-state index >= 15 is 0 Å². The summed E-state index contributed by atoms with van der Waals surface area (Å²) in [5.74, 6) is 0. The summed E-state index contributed by atoms with van der Waals surface area (Å²) in [6, 6.07) is 5.80. The number of hydrogen-bond donors (Lipinski definition) is 3. The molecule has 1 aliphatic rings. The molecule has 3 heteroatoms. The number of piperidine rings is 1. The van der Waals surface area contributed by atoms with E-state index in [-0.39, 0.29) is 0 Å². The molecule has 0 aliphatic carbocycles. The third-order valence-corrected chi connectivity index (χ3v) is 3.20. The van der Waals surface area contributed by atoms with Crippen LogP contribution in [-0.4, -0.2) is 18.2 Å². The van der Waals surface area contributed by atoms with Gasteiger partial charge < -0.3 is 16.2 Å². The number of rotatable bonds is 1. The van der Waals surface area contributed by atoms with Gasteiger partial charge in [-0.3, -0.25) is 0 Å². The molecule has 0 atom stereocenters. The number of aliphatic hydroxyl groups is 1. The van der Waals surface area contributed by atoms with Crippen LogP contribution in [0.3, 0.4) is 0 Å². The number of anilines is 1. The predicted molar refractivity (Wildman–Crippen MR) is 61.6 cm³/mol. The van der Waals surface area contributed by atoms with Gasteiger partial charge in [-0.25, -0.2) is 0 Å². The molecule has 1 aromatic rings. The Hall–Kier alpha value is -1.06. The van der Waals surface area contributed by atoms with Crippen LogP contribution in [0.2, 0.25) is 0 Å². The van der Waals surface area contributed by atoms with E-state index in [0.717, 1.165) is 37.1 Å². The molecule has 1 heterocycles. The van der Waals surface area contributed by atoms with Gasteiger partial charge in [0.1, 0.15) is 0 Å². The minimum atomic E-state index is -0.735. The fraction of sp³-hybridized carbons (Fsp3) is 0.500. The second-order valence-corrected chi connectivity index (χ2v) is 4.32. The molecule has 2 rings (SSSR count). The first-order valence-electron chi connectivity index (χ1n) is 5.42. The molecule has 15 heavy (non-hydrogen) atoms. The van der Waals surface area contributed by atoms with E-state index in [2.05, 4.69) is 5.32 Å². The van der Waals surface area contributed by atoms with E-state index < -0.39 is 5.60 Å². The molecule has 0 radical (unpaired) electrons. The van der Waals surface area contributed by atoms with E-state index in [1.807, 2.05) is 25.1 Å². The van der Waals surface area contributed by atoms with Crippen molar-refractivity contribution in [3.8, 4) is 0 Å². The van der Waals surface area contributed by atoms with Crippen LogP contribution in [0.25, 0.3) is 0 Å². The molecule has 0 bridgehead atoms. The number of hydrogen-bond acceptors (Lipinski definition) is 3. The monoisotopic (exact) mass is 206 g/mol. The molecule has 0 aromatic heterocycles. The van der Waals surface area contributed by atoms with Crippen molar-refractivity contribution in [2.45, 2.75) is 25.4 Å². The Labute approximate surface area is 90.3 Å². The fourth-order valence-electron chi connectivity index (χ4n) is 2.42. The zero-order valence-electron chi connectivity index (χ0n) is 9.09. The first-order chi connectivity index (χ1) is 7.13. The minimum Gasteiger partial charge on any atom is -0.398 e. The highest BCUT2D eigenvalue weighted by Gasteiger charge is 2.33. The van der Waals surface area contributed by atoms with E-state index in [0.29, 0.717) is 5.69 Å². The smallest absolute Gasteiger partial charge is 0.0943 e. The van der Waals surface area contributed by atoms with Crippen LogP contribution in [0, 0.1) is 6.92 Å². The molecule has 1 fully saturated rings. The zero-order chi connectivity index (χ0) is 10.9. The number of nitrogens with two attached hydrogens (primary N) is 1. The van der Waals surface area contributed by atoms with Gasteiger partial charge in [-0.15, -0.1) is 0 Å². The summed E-state index contributed by atoms with van der Waals surface area (Å²) in [6.45, 7) is 3.71. The van der Waals surface area contributed by atoms with Gasteiger partial charge in [-0.2, -0.15) is 0 Å². The standard InChI is InChI=1S/C12H18N2O/c1-9-3-2-4-10(13)11(9)12(15)5-7-14-8-6-12/h2-4,14-15H,5-8,13H2,1H3. The summed E-state index contributed by atoms with van der Waals surface area (Å²) in [4.78, 5) is 0. The van der Waals surface area contributed by atoms with Crippen molar-refractivity contribution in [1.29, 1.82) is 0 Å². The van der Waals surface area contributed by atoms with Gasteiger partial charge in [0.05, 0.1) is 5.60 Å². The Morgan fingerprint density at radius 3 is 2.60 bits per heavy atom. The average molecular weight is 206 g/mol. The first kappa shape index (κ1) is 10.5. The number of aryl methyl sites for hydroxylation is 1. The van der Waals surface area contributed by atoms with E-state index in [1.165, 1.54) is 0 Å². The Balaban J connectivity index is 2.42. The van der Waals surface area contributed by atoms with Crippen molar-refractivity contribution in [3.63, 3.8) is 0 Å². The SMILES string of the molecule is Cc1cccc(N)c1C1(O)CCNCC1. The zero-order valence-corrected chi connectivity index (χ0v) is 9.09. The van der Waals surface area contributed by atoms with Crippen LogP contribution in [-0.2, 0) is 5.60 Å². The largest absolute Gasteiger partial charge is 0.398 e. The highest BCUT2D eigenvalue weighted by molar-refractivity contribution is 5.53. The molecule has 0 amide bonds. The van der Waals surface area contributed by atoms with Crippen LogP contribution < -0.4 is 11.1 Å². The van der Waals surface area contributed by atoms with E-state index in [1.54, 1.807) is 0 Å². The summed E-state index contributed by atoms with van der Waals surface area (Å²) < 4.78 is 0. The van der Waals surface area contributed by atoms with Crippen LogP contribution in [0.1, 0.15) is 24.0 Å². The lowest BCUT2D eigenvalue weighted by Gasteiger charge is -2.35. The first-order valence-corrected chi connectivity index (χ1v) is 5.42. The Bertz CT molecular complexity index is 336. The van der Waals surface area contributed by atoms with Gasteiger partial charge in [0.25, 0.3) is 0 Å². The quantitative estimate of drug-likeness (QED) is 0.604. The molecule has 4 N–H and O–H groups in total. The van der Waals surface area contributed by atoms with Gasteiger partial charge in [0, 0.05) is 11.3 Å². The average Bonchev–Trinajstić information content (AvgIpc) is 2.18. The maximum Gasteiger partial charge on any atom is 0.0943 e. The molecule has 0 spiro atoms. The molecule has 1 aliphatic heterocycles. The lowest BCUT2D eigenvalue weighted by Crippen LogP contribution is -2.40. The molecule has 0 unspecified atom stereocenters. The van der Waals surface area contributed by atoms with Crippen molar-refractivity contribution >= 4 is 5.69 Å². The van der Waals surface area contributed by atoms with Crippen molar-refractivity contribution in [3.05, 3.63) is 29.3 Å². The van der Waals surface area contributed by atoms with Gasteiger partial charge in [0.15, 0.2) is 0 Å². The van der Waals surface area contributed by atoms with Gasteiger partial charge >= 0.3 is 0 Å². The third-order valence-electron chi connectivity index (χ3n) is 3.20. The number of nitrogen functional groups attached to an aromatic ring is 1. The third kappa shape index (κ3) is 1.85. The Morgan fingerprint density at radius 1 is 1.33 bits per heavy atom. The normalized spacial score (nSPS) is 20.1. The van der Waals surface area contributed by atoms with E-state index in [4.69, 9.17) is 5.73 Å². The Morgan fingerprint density at radius 2 is 2.00 bits per heavy atom. The van der Waals surface area contributed by atoms with Crippen molar-refractivity contribution in [2.24, 2.45) is 0 Å². The number of benzene rings is 1. The molecular formula is C12H18N2O. The van der Waals surface area contributed by atoms with Crippen LogP contribution in [0.15, 0.2) is 18.2 Å². The molecule has 3 nitrogen and oxygen atoms in total. The van der Waals surface area contributed by atoms with Crippen molar-refractivity contribution in [1.82, 2.24) is 5.32 Å². The maximum atomic E-state index is 10.6. The summed E-state index contributed by atoms with van der Waals surface area (Å²) in [5, 5.41) is 13.8.